The summed E-state index contributed by atoms with van der Waals surface area (Å²) in [6, 6.07) is 18.9. The molecule has 9 nitrogen and oxygen atoms in total. The lowest BCUT2D eigenvalue weighted by molar-refractivity contribution is -0.256. The fourth-order valence-corrected chi connectivity index (χ4v) is 4.01. The zero-order valence-electron chi connectivity index (χ0n) is 20.9. The summed E-state index contributed by atoms with van der Waals surface area (Å²) in [4.78, 5) is 25.3. The Morgan fingerprint density at radius 2 is 1.27 bits per heavy atom. The van der Waals surface area contributed by atoms with Gasteiger partial charge < -0.3 is 34.4 Å². The van der Waals surface area contributed by atoms with Gasteiger partial charge in [0.1, 0.15) is 0 Å². The second-order valence-corrected chi connectivity index (χ2v) is 8.50. The molecule has 0 radical (unpaired) electrons. The van der Waals surface area contributed by atoms with E-state index in [9.17, 15) is 24.9 Å². The first-order valence-electron chi connectivity index (χ1n) is 11.8. The SMILES string of the molecule is COc1ccc(CN2CCN(Cc3ccccc3)CC2)c(O)c1OC.O=C([O-])c1ccc(C(=O)[O-])cc1. The average Bonchev–Trinajstić information content (AvgIpc) is 2.91. The highest BCUT2D eigenvalue weighted by atomic mass is 16.5. The van der Waals surface area contributed by atoms with Gasteiger partial charge in [-0.1, -0.05) is 60.7 Å². The van der Waals surface area contributed by atoms with Crippen molar-refractivity contribution < 1.29 is 34.4 Å². The van der Waals surface area contributed by atoms with E-state index >= 15 is 0 Å². The van der Waals surface area contributed by atoms with Crippen LogP contribution in [0.3, 0.4) is 0 Å². The first-order valence-corrected chi connectivity index (χ1v) is 11.8. The maximum atomic E-state index is 10.4. The highest BCUT2D eigenvalue weighted by Gasteiger charge is 2.20. The second kappa shape index (κ2) is 13.3. The number of phenols is 1. The molecule has 0 amide bonds. The van der Waals surface area contributed by atoms with Crippen molar-refractivity contribution in [2.24, 2.45) is 0 Å². The number of carbonyl (C=O) groups is 2. The lowest BCUT2D eigenvalue weighted by atomic mass is 10.1. The molecule has 1 aliphatic rings. The number of aromatic carboxylic acids is 2. The Bertz CT molecular complexity index is 1140. The molecule has 0 aromatic heterocycles. The fourth-order valence-electron chi connectivity index (χ4n) is 4.01. The van der Waals surface area contributed by atoms with Gasteiger partial charge in [-0.3, -0.25) is 9.80 Å². The van der Waals surface area contributed by atoms with Crippen molar-refractivity contribution in [3.63, 3.8) is 0 Å². The largest absolute Gasteiger partial charge is 0.545 e. The highest BCUT2D eigenvalue weighted by molar-refractivity contribution is 5.89. The number of phenolic OH excluding ortho intramolecular Hbond substituents is 1. The molecule has 1 aliphatic heterocycles. The molecule has 37 heavy (non-hydrogen) atoms. The van der Waals surface area contributed by atoms with Crippen LogP contribution in [0.15, 0.2) is 66.7 Å². The Hall–Kier alpha value is -4.08. The van der Waals surface area contributed by atoms with Crippen LogP contribution in [0.2, 0.25) is 0 Å². The van der Waals surface area contributed by atoms with Gasteiger partial charge in [0.05, 0.1) is 26.2 Å². The fraction of sp³-hybridized carbons (Fsp3) is 0.286. The number of aromatic hydroxyl groups is 1. The molecule has 0 unspecified atom stereocenters. The van der Waals surface area contributed by atoms with Crippen molar-refractivity contribution in [2.45, 2.75) is 13.1 Å². The van der Waals surface area contributed by atoms with Crippen LogP contribution in [-0.2, 0) is 13.1 Å². The van der Waals surface area contributed by atoms with Crippen LogP contribution < -0.4 is 19.7 Å². The molecular weight excluding hydrogens is 476 g/mol. The normalized spacial score (nSPS) is 13.8. The Labute approximate surface area is 216 Å². The first-order chi connectivity index (χ1) is 17.8. The predicted molar refractivity (Wildman–Crippen MR) is 133 cm³/mol. The molecular formula is C28H30N2O7-2. The quantitative estimate of drug-likeness (QED) is 0.479. The van der Waals surface area contributed by atoms with Crippen molar-refractivity contribution >= 4 is 11.9 Å². The summed E-state index contributed by atoms with van der Waals surface area (Å²) >= 11 is 0. The molecule has 0 spiro atoms. The molecule has 3 aromatic rings. The molecule has 1 N–H and O–H groups in total. The van der Waals surface area contributed by atoms with Gasteiger partial charge in [-0.05, 0) is 22.8 Å². The topological polar surface area (TPSA) is 125 Å². The predicted octanol–water partition coefficient (Wildman–Crippen LogP) is 1.14. The maximum Gasteiger partial charge on any atom is 0.203 e. The van der Waals surface area contributed by atoms with Crippen LogP contribution in [0.4, 0.5) is 0 Å². The van der Waals surface area contributed by atoms with Gasteiger partial charge >= 0.3 is 0 Å². The van der Waals surface area contributed by atoms with Crippen LogP contribution in [0.1, 0.15) is 31.8 Å². The summed E-state index contributed by atoms with van der Waals surface area (Å²) in [7, 11) is 3.12. The van der Waals surface area contributed by atoms with Gasteiger partial charge in [0.15, 0.2) is 11.5 Å². The molecule has 0 atom stereocenters. The highest BCUT2D eigenvalue weighted by Crippen LogP contribution is 2.39. The third kappa shape index (κ3) is 7.70. The molecule has 1 saturated heterocycles. The van der Waals surface area contributed by atoms with E-state index in [1.807, 2.05) is 12.1 Å². The zero-order chi connectivity index (χ0) is 26.8. The second-order valence-electron chi connectivity index (χ2n) is 8.50. The van der Waals surface area contributed by atoms with Crippen molar-refractivity contribution in [2.75, 3.05) is 40.4 Å². The number of hydrogen-bond acceptors (Lipinski definition) is 9. The third-order valence-electron chi connectivity index (χ3n) is 6.07. The van der Waals surface area contributed by atoms with Crippen molar-refractivity contribution in [1.29, 1.82) is 0 Å². The van der Waals surface area contributed by atoms with Crippen molar-refractivity contribution in [3.8, 4) is 17.2 Å². The van der Waals surface area contributed by atoms with Gasteiger partial charge in [-0.2, -0.15) is 0 Å². The minimum atomic E-state index is -1.33. The van der Waals surface area contributed by atoms with Gasteiger partial charge in [0.2, 0.25) is 5.75 Å². The summed E-state index contributed by atoms with van der Waals surface area (Å²) in [5.41, 5.74) is 2.11. The molecule has 1 heterocycles. The number of hydrogen-bond donors (Lipinski definition) is 1. The molecule has 4 rings (SSSR count). The molecule has 9 heteroatoms. The Morgan fingerprint density at radius 1 is 0.757 bits per heavy atom. The number of carbonyl (C=O) groups excluding carboxylic acids is 2. The van der Waals surface area contributed by atoms with Crippen LogP contribution in [0.5, 0.6) is 17.2 Å². The molecule has 3 aromatic carbocycles. The standard InChI is InChI=1S/C20H26N2O3.C8H6O4/c1-24-18-9-8-17(19(23)20(18)25-2)15-22-12-10-21(11-13-22)14-16-6-4-3-5-7-16;9-7(10)5-1-2-6(4-3-5)8(11)12/h3-9,23H,10-15H2,1-2H3;1-4H,(H,9,10)(H,11,12)/p-2. The number of nitrogens with zero attached hydrogens (tertiary/aromatic N) is 2. The average molecular weight is 507 g/mol. The Kier molecular flexibility index (Phi) is 9.88. The molecule has 0 aliphatic carbocycles. The van der Waals surface area contributed by atoms with E-state index in [1.165, 1.54) is 5.56 Å². The summed E-state index contributed by atoms with van der Waals surface area (Å²) < 4.78 is 10.5. The number of piperazine rings is 1. The van der Waals surface area contributed by atoms with Crippen LogP contribution in [-0.4, -0.2) is 67.2 Å². The van der Waals surface area contributed by atoms with E-state index < -0.39 is 11.9 Å². The summed E-state index contributed by atoms with van der Waals surface area (Å²) in [5.74, 6) is -1.53. The number of ether oxygens (including phenoxy) is 2. The van der Waals surface area contributed by atoms with E-state index in [4.69, 9.17) is 9.47 Å². The van der Waals surface area contributed by atoms with E-state index in [0.717, 1.165) is 62.6 Å². The van der Waals surface area contributed by atoms with Crippen molar-refractivity contribution in [3.05, 3.63) is 89.0 Å². The lowest BCUT2D eigenvalue weighted by Gasteiger charge is -2.35. The first kappa shape index (κ1) is 27.5. The third-order valence-corrected chi connectivity index (χ3v) is 6.07. The number of methoxy groups -OCH3 is 2. The molecule has 1 fully saturated rings. The maximum absolute atomic E-state index is 10.4. The number of carboxylic acids is 2. The van der Waals surface area contributed by atoms with Gasteiger partial charge in [0.25, 0.3) is 0 Å². The Morgan fingerprint density at radius 3 is 1.73 bits per heavy atom. The number of carboxylic acid groups (broad SMARTS) is 2. The minimum Gasteiger partial charge on any atom is -0.545 e. The zero-order valence-corrected chi connectivity index (χ0v) is 20.9. The van der Waals surface area contributed by atoms with Crippen LogP contribution in [0, 0.1) is 0 Å². The smallest absolute Gasteiger partial charge is 0.203 e. The van der Waals surface area contributed by atoms with Gasteiger partial charge in [-0.25, -0.2) is 0 Å². The van der Waals surface area contributed by atoms with Crippen LogP contribution >= 0.6 is 0 Å². The van der Waals surface area contributed by atoms with E-state index in [0.29, 0.717) is 18.0 Å². The monoisotopic (exact) mass is 506 g/mol. The van der Waals surface area contributed by atoms with Gasteiger partial charge in [0, 0.05) is 44.8 Å². The minimum absolute atomic E-state index is 0.0556. The number of rotatable bonds is 8. The summed E-state index contributed by atoms with van der Waals surface area (Å²) in [6.07, 6.45) is 0. The lowest BCUT2D eigenvalue weighted by Crippen LogP contribution is -2.45. The van der Waals surface area contributed by atoms with E-state index in [-0.39, 0.29) is 16.9 Å². The van der Waals surface area contributed by atoms with E-state index in [2.05, 4.69) is 40.1 Å². The summed E-state index contributed by atoms with van der Waals surface area (Å²) in [5, 5.41) is 30.9. The molecule has 196 valence electrons. The Balaban J connectivity index is 0.000000266. The van der Waals surface area contributed by atoms with Crippen molar-refractivity contribution in [1.82, 2.24) is 9.80 Å². The van der Waals surface area contributed by atoms with E-state index in [1.54, 1.807) is 14.2 Å². The molecule has 0 bridgehead atoms. The molecule has 0 saturated carbocycles. The number of benzene rings is 3. The van der Waals surface area contributed by atoms with Crippen LogP contribution in [0.25, 0.3) is 0 Å². The summed E-state index contributed by atoms with van der Waals surface area (Å²) in [6.45, 7) is 5.74. The van der Waals surface area contributed by atoms with Gasteiger partial charge in [-0.15, -0.1) is 0 Å².